The van der Waals surface area contributed by atoms with Crippen LogP contribution in [0.1, 0.15) is 27.7 Å². The lowest BCUT2D eigenvalue weighted by molar-refractivity contribution is 0.130. The van der Waals surface area contributed by atoms with Crippen LogP contribution in [0.2, 0.25) is 0 Å². The predicted molar refractivity (Wildman–Crippen MR) is 72.7 cm³/mol. The minimum atomic E-state index is -0.410. The lowest BCUT2D eigenvalue weighted by Gasteiger charge is -2.11. The van der Waals surface area contributed by atoms with Crippen molar-refractivity contribution >= 4 is 23.5 Å². The third kappa shape index (κ3) is 5.63. The number of rotatable bonds is 4. The molecule has 0 saturated heterocycles. The van der Waals surface area contributed by atoms with Gasteiger partial charge in [0.1, 0.15) is 0 Å². The fourth-order valence-corrected chi connectivity index (χ4v) is 2.18. The number of ether oxygens (including phenoxy) is 1. The molecule has 0 heterocycles. The molecule has 1 aromatic carbocycles. The molecule has 0 aliphatic heterocycles. The van der Waals surface area contributed by atoms with E-state index in [0.29, 0.717) is 5.25 Å². The molecule has 1 rings (SSSR count). The Morgan fingerprint density at radius 1 is 1.29 bits per heavy atom. The Morgan fingerprint density at radius 2 is 2.00 bits per heavy atom. The van der Waals surface area contributed by atoms with E-state index >= 15 is 0 Å². The summed E-state index contributed by atoms with van der Waals surface area (Å²) >= 11 is 1.76. The summed E-state index contributed by atoms with van der Waals surface area (Å²) in [6.07, 6.45) is -0.519. The molecular weight excluding hydrogens is 234 g/mol. The van der Waals surface area contributed by atoms with E-state index in [0.717, 1.165) is 10.6 Å². The molecule has 0 aliphatic carbocycles. The average molecular weight is 253 g/mol. The Bertz CT molecular complexity index is 377. The molecule has 94 valence electrons. The number of nitrogens with one attached hydrogen (secondary N) is 1. The van der Waals surface area contributed by atoms with Gasteiger partial charge in [-0.15, -0.1) is 11.8 Å². The molecule has 0 aromatic heterocycles. The van der Waals surface area contributed by atoms with Crippen molar-refractivity contribution in [2.75, 3.05) is 5.32 Å². The highest BCUT2D eigenvalue weighted by Crippen LogP contribution is 2.25. The molecule has 1 amide bonds. The molecule has 0 unspecified atom stereocenters. The van der Waals surface area contributed by atoms with E-state index in [4.69, 9.17) is 4.74 Å². The quantitative estimate of drug-likeness (QED) is 0.819. The summed E-state index contributed by atoms with van der Waals surface area (Å²) in [5, 5.41) is 3.23. The number of thioether (sulfide) groups is 1. The van der Waals surface area contributed by atoms with Crippen LogP contribution in [0.4, 0.5) is 10.5 Å². The zero-order valence-electron chi connectivity index (χ0n) is 10.7. The molecule has 4 heteroatoms. The van der Waals surface area contributed by atoms with Crippen LogP contribution in [0.5, 0.6) is 0 Å². The molecule has 0 radical (unpaired) electrons. The standard InChI is InChI=1S/C13H19NO2S/c1-9(2)16-13(15)14-11-6-5-7-12(8-11)17-10(3)4/h5-10H,1-4H3,(H,14,15). The second-order valence-corrected chi connectivity index (χ2v) is 5.92. The van der Waals surface area contributed by atoms with Gasteiger partial charge in [-0.05, 0) is 32.0 Å². The first-order valence-corrected chi connectivity index (χ1v) is 6.59. The van der Waals surface area contributed by atoms with Gasteiger partial charge in [-0.1, -0.05) is 19.9 Å². The molecule has 0 bridgehead atoms. The van der Waals surface area contributed by atoms with Crippen molar-refractivity contribution < 1.29 is 9.53 Å². The van der Waals surface area contributed by atoms with E-state index in [9.17, 15) is 4.79 Å². The van der Waals surface area contributed by atoms with E-state index in [-0.39, 0.29) is 6.10 Å². The maximum Gasteiger partial charge on any atom is 0.411 e. The third-order valence-electron chi connectivity index (χ3n) is 1.79. The second kappa shape index (κ2) is 6.55. The van der Waals surface area contributed by atoms with Crippen molar-refractivity contribution in [3.8, 4) is 0 Å². The Kier molecular flexibility index (Phi) is 5.35. The van der Waals surface area contributed by atoms with Gasteiger partial charge in [0.05, 0.1) is 6.10 Å². The highest BCUT2D eigenvalue weighted by Gasteiger charge is 2.06. The van der Waals surface area contributed by atoms with Crippen LogP contribution in [0.3, 0.4) is 0 Å². The number of carbonyl (C=O) groups excluding carboxylic acids is 1. The molecular formula is C13H19NO2S. The van der Waals surface area contributed by atoms with Gasteiger partial charge in [-0.25, -0.2) is 4.79 Å². The third-order valence-corrected chi connectivity index (χ3v) is 2.79. The van der Waals surface area contributed by atoms with Crippen LogP contribution in [0, 0.1) is 0 Å². The summed E-state index contributed by atoms with van der Waals surface area (Å²) in [6, 6.07) is 7.76. The lowest BCUT2D eigenvalue weighted by atomic mass is 10.3. The van der Waals surface area contributed by atoms with E-state index in [1.807, 2.05) is 38.1 Å². The van der Waals surface area contributed by atoms with Gasteiger partial charge in [0.15, 0.2) is 0 Å². The fraction of sp³-hybridized carbons (Fsp3) is 0.462. The van der Waals surface area contributed by atoms with Crippen LogP contribution in [0.15, 0.2) is 29.2 Å². The van der Waals surface area contributed by atoms with Gasteiger partial charge >= 0.3 is 6.09 Å². The van der Waals surface area contributed by atoms with Gasteiger partial charge in [0.2, 0.25) is 0 Å². The number of amides is 1. The second-order valence-electron chi connectivity index (χ2n) is 4.27. The Hall–Kier alpha value is -1.16. The predicted octanol–water partition coefficient (Wildman–Crippen LogP) is 4.14. The zero-order chi connectivity index (χ0) is 12.8. The van der Waals surface area contributed by atoms with Crippen LogP contribution < -0.4 is 5.32 Å². The van der Waals surface area contributed by atoms with Crippen LogP contribution in [-0.2, 0) is 4.74 Å². The summed E-state index contributed by atoms with van der Waals surface area (Å²) in [4.78, 5) is 12.6. The summed E-state index contributed by atoms with van der Waals surface area (Å²) in [7, 11) is 0. The van der Waals surface area contributed by atoms with Crippen molar-refractivity contribution in [1.29, 1.82) is 0 Å². The normalized spacial score (nSPS) is 10.7. The van der Waals surface area contributed by atoms with Gasteiger partial charge in [0.25, 0.3) is 0 Å². The molecule has 0 atom stereocenters. The molecule has 1 N–H and O–H groups in total. The number of hydrogen-bond donors (Lipinski definition) is 1. The highest BCUT2D eigenvalue weighted by atomic mass is 32.2. The van der Waals surface area contributed by atoms with Crippen molar-refractivity contribution in [2.24, 2.45) is 0 Å². The number of hydrogen-bond acceptors (Lipinski definition) is 3. The molecule has 0 spiro atoms. The van der Waals surface area contributed by atoms with Crippen LogP contribution in [-0.4, -0.2) is 17.4 Å². The lowest BCUT2D eigenvalue weighted by Crippen LogP contribution is -2.17. The topological polar surface area (TPSA) is 38.3 Å². The highest BCUT2D eigenvalue weighted by molar-refractivity contribution is 7.99. The summed E-state index contributed by atoms with van der Waals surface area (Å²) in [6.45, 7) is 7.92. The van der Waals surface area contributed by atoms with Crippen LogP contribution >= 0.6 is 11.8 Å². The van der Waals surface area contributed by atoms with E-state index in [2.05, 4.69) is 19.2 Å². The molecule has 3 nitrogen and oxygen atoms in total. The first kappa shape index (κ1) is 13.9. The van der Waals surface area contributed by atoms with Crippen molar-refractivity contribution in [1.82, 2.24) is 0 Å². The smallest absolute Gasteiger partial charge is 0.411 e. The number of anilines is 1. The SMILES string of the molecule is CC(C)OC(=O)Nc1cccc(SC(C)C)c1. The maximum atomic E-state index is 11.4. The molecule has 0 aliphatic rings. The fourth-order valence-electron chi connectivity index (χ4n) is 1.28. The van der Waals surface area contributed by atoms with Crippen molar-refractivity contribution in [3.05, 3.63) is 24.3 Å². The monoisotopic (exact) mass is 253 g/mol. The largest absolute Gasteiger partial charge is 0.447 e. The Morgan fingerprint density at radius 3 is 2.59 bits per heavy atom. The minimum absolute atomic E-state index is 0.108. The van der Waals surface area contributed by atoms with Crippen molar-refractivity contribution in [3.63, 3.8) is 0 Å². The molecule has 0 saturated carbocycles. The average Bonchev–Trinajstić information content (AvgIpc) is 2.14. The summed E-state index contributed by atoms with van der Waals surface area (Å²) < 4.78 is 5.02. The van der Waals surface area contributed by atoms with Gasteiger partial charge in [-0.2, -0.15) is 0 Å². The van der Waals surface area contributed by atoms with Gasteiger partial charge < -0.3 is 4.74 Å². The Balaban J connectivity index is 2.62. The summed E-state index contributed by atoms with van der Waals surface area (Å²) in [5.41, 5.74) is 0.765. The van der Waals surface area contributed by atoms with Crippen LogP contribution in [0.25, 0.3) is 0 Å². The van der Waals surface area contributed by atoms with Gasteiger partial charge in [-0.3, -0.25) is 5.32 Å². The first-order chi connectivity index (χ1) is 7.97. The van der Waals surface area contributed by atoms with Crippen molar-refractivity contribution in [2.45, 2.75) is 43.9 Å². The molecule has 17 heavy (non-hydrogen) atoms. The minimum Gasteiger partial charge on any atom is -0.447 e. The number of carbonyl (C=O) groups is 1. The zero-order valence-corrected chi connectivity index (χ0v) is 11.5. The van der Waals surface area contributed by atoms with Gasteiger partial charge in [0, 0.05) is 15.8 Å². The van der Waals surface area contributed by atoms with E-state index in [1.54, 1.807) is 11.8 Å². The Labute approximate surface area is 107 Å². The maximum absolute atomic E-state index is 11.4. The molecule has 0 fully saturated rings. The number of benzene rings is 1. The molecule has 1 aromatic rings. The van der Waals surface area contributed by atoms with E-state index < -0.39 is 6.09 Å². The first-order valence-electron chi connectivity index (χ1n) is 5.71. The summed E-state index contributed by atoms with van der Waals surface area (Å²) in [5.74, 6) is 0. The van der Waals surface area contributed by atoms with E-state index in [1.165, 1.54) is 0 Å².